The molecule has 47 heavy (non-hydrogen) atoms. The summed E-state index contributed by atoms with van der Waals surface area (Å²) in [5, 5.41) is 4.25. The molecule has 0 spiro atoms. The van der Waals surface area contributed by atoms with Gasteiger partial charge in [-0.15, -0.1) is 0 Å². The highest BCUT2D eigenvalue weighted by molar-refractivity contribution is 6.12. The number of fused-ring (bicyclic) bond motifs is 4. The molecule has 0 fully saturated rings. The van der Waals surface area contributed by atoms with Crippen molar-refractivity contribution in [2.75, 3.05) is 0 Å². The second-order valence-electron chi connectivity index (χ2n) is 11.6. The molecular formula is C43H27N3O. The van der Waals surface area contributed by atoms with Crippen LogP contribution in [0.15, 0.2) is 168 Å². The van der Waals surface area contributed by atoms with Crippen LogP contribution in [0.1, 0.15) is 0 Å². The number of aromatic nitrogens is 3. The molecule has 0 saturated heterocycles. The van der Waals surface area contributed by atoms with Crippen LogP contribution in [0.25, 0.3) is 89.1 Å². The Morgan fingerprint density at radius 2 is 0.809 bits per heavy atom. The van der Waals surface area contributed by atoms with Gasteiger partial charge in [-0.25, -0.2) is 15.0 Å². The van der Waals surface area contributed by atoms with Crippen molar-refractivity contribution in [3.63, 3.8) is 0 Å². The minimum absolute atomic E-state index is 0.605. The van der Waals surface area contributed by atoms with E-state index in [9.17, 15) is 0 Å². The Hall–Kier alpha value is -6.39. The third kappa shape index (κ3) is 4.66. The highest BCUT2D eigenvalue weighted by Gasteiger charge is 2.19. The van der Waals surface area contributed by atoms with Crippen molar-refractivity contribution in [2.24, 2.45) is 0 Å². The van der Waals surface area contributed by atoms with Crippen LogP contribution in [0.2, 0.25) is 0 Å². The van der Waals surface area contributed by atoms with E-state index in [4.69, 9.17) is 19.4 Å². The van der Waals surface area contributed by atoms with Gasteiger partial charge < -0.3 is 4.42 Å². The molecule has 0 unspecified atom stereocenters. The van der Waals surface area contributed by atoms with E-state index in [1.807, 2.05) is 60.7 Å². The lowest BCUT2D eigenvalue weighted by molar-refractivity contribution is 0.669. The largest absolute Gasteiger partial charge is 0.456 e. The summed E-state index contributed by atoms with van der Waals surface area (Å²) in [5.74, 6) is 1.85. The summed E-state index contributed by atoms with van der Waals surface area (Å²) in [6.45, 7) is 0. The van der Waals surface area contributed by atoms with Gasteiger partial charge in [-0.3, -0.25) is 0 Å². The van der Waals surface area contributed by atoms with Gasteiger partial charge in [-0.2, -0.15) is 0 Å². The first-order chi connectivity index (χ1) is 23.3. The Labute approximate surface area is 271 Å². The first-order valence-electron chi connectivity index (χ1n) is 15.7. The average Bonchev–Trinajstić information content (AvgIpc) is 3.54. The summed E-state index contributed by atoms with van der Waals surface area (Å²) < 4.78 is 6.23. The van der Waals surface area contributed by atoms with Crippen LogP contribution in [0, 0.1) is 0 Å². The fourth-order valence-corrected chi connectivity index (χ4v) is 6.61. The summed E-state index contributed by atoms with van der Waals surface area (Å²) in [7, 11) is 0. The first-order valence-corrected chi connectivity index (χ1v) is 15.7. The van der Waals surface area contributed by atoms with Crippen LogP contribution in [0.5, 0.6) is 0 Å². The molecule has 0 amide bonds. The van der Waals surface area contributed by atoms with Crippen LogP contribution < -0.4 is 0 Å². The van der Waals surface area contributed by atoms with Gasteiger partial charge >= 0.3 is 0 Å². The van der Waals surface area contributed by atoms with Gasteiger partial charge in [0, 0.05) is 27.5 Å². The number of nitrogens with zero attached hydrogens (tertiary/aromatic N) is 3. The van der Waals surface area contributed by atoms with E-state index in [1.54, 1.807) is 0 Å². The van der Waals surface area contributed by atoms with E-state index in [2.05, 4.69) is 103 Å². The number of rotatable bonds is 5. The van der Waals surface area contributed by atoms with E-state index in [0.29, 0.717) is 17.5 Å². The molecule has 2 aromatic heterocycles. The maximum Gasteiger partial charge on any atom is 0.164 e. The van der Waals surface area contributed by atoms with Gasteiger partial charge in [0.25, 0.3) is 0 Å². The topological polar surface area (TPSA) is 51.8 Å². The van der Waals surface area contributed by atoms with Crippen LogP contribution in [0.4, 0.5) is 0 Å². The Morgan fingerprint density at radius 3 is 1.57 bits per heavy atom. The molecule has 2 heterocycles. The number of para-hydroxylation sites is 1. The molecule has 0 radical (unpaired) electrons. The van der Waals surface area contributed by atoms with Gasteiger partial charge in [0.1, 0.15) is 11.2 Å². The zero-order chi connectivity index (χ0) is 31.2. The maximum absolute atomic E-state index is 6.23. The maximum atomic E-state index is 6.23. The summed E-state index contributed by atoms with van der Waals surface area (Å²) in [4.78, 5) is 15.4. The van der Waals surface area contributed by atoms with Gasteiger partial charge in [0.05, 0.1) is 0 Å². The predicted octanol–water partition coefficient (Wildman–Crippen LogP) is 11.3. The van der Waals surface area contributed by atoms with E-state index in [1.165, 1.54) is 16.7 Å². The Morgan fingerprint density at radius 1 is 0.298 bits per heavy atom. The number of hydrogen-bond donors (Lipinski definition) is 0. The van der Waals surface area contributed by atoms with E-state index in [-0.39, 0.29) is 0 Å². The Balaban J connectivity index is 1.29. The third-order valence-corrected chi connectivity index (χ3v) is 8.78. The van der Waals surface area contributed by atoms with E-state index in [0.717, 1.165) is 55.0 Å². The van der Waals surface area contributed by atoms with Crippen molar-refractivity contribution in [3.05, 3.63) is 164 Å². The lowest BCUT2D eigenvalue weighted by Gasteiger charge is -2.15. The van der Waals surface area contributed by atoms with Crippen LogP contribution in [0.3, 0.4) is 0 Å². The van der Waals surface area contributed by atoms with Gasteiger partial charge in [0.2, 0.25) is 0 Å². The summed E-state index contributed by atoms with van der Waals surface area (Å²) in [6, 6.07) is 56.3. The van der Waals surface area contributed by atoms with Crippen LogP contribution >= 0.6 is 0 Å². The highest BCUT2D eigenvalue weighted by Crippen LogP contribution is 2.40. The smallest absolute Gasteiger partial charge is 0.164 e. The van der Waals surface area contributed by atoms with Gasteiger partial charge in [-0.05, 0) is 51.2 Å². The number of hydrogen-bond acceptors (Lipinski definition) is 4. The second-order valence-corrected chi connectivity index (χ2v) is 11.6. The molecule has 0 aliphatic heterocycles. The summed E-state index contributed by atoms with van der Waals surface area (Å²) in [6.07, 6.45) is 0. The van der Waals surface area contributed by atoms with Crippen LogP contribution in [-0.4, -0.2) is 15.0 Å². The van der Waals surface area contributed by atoms with Gasteiger partial charge in [-0.1, -0.05) is 146 Å². The van der Waals surface area contributed by atoms with E-state index < -0.39 is 0 Å². The monoisotopic (exact) mass is 601 g/mol. The van der Waals surface area contributed by atoms with Gasteiger partial charge in [0.15, 0.2) is 17.5 Å². The van der Waals surface area contributed by atoms with Crippen molar-refractivity contribution in [2.45, 2.75) is 0 Å². The van der Waals surface area contributed by atoms with Crippen molar-refractivity contribution in [3.8, 4) is 56.4 Å². The lowest BCUT2D eigenvalue weighted by Crippen LogP contribution is -2.01. The van der Waals surface area contributed by atoms with Crippen molar-refractivity contribution in [1.29, 1.82) is 0 Å². The zero-order valence-corrected chi connectivity index (χ0v) is 25.3. The minimum atomic E-state index is 0.605. The van der Waals surface area contributed by atoms with Crippen molar-refractivity contribution < 1.29 is 4.42 Å². The van der Waals surface area contributed by atoms with Crippen LogP contribution in [-0.2, 0) is 0 Å². The normalized spacial score (nSPS) is 11.4. The molecule has 9 aromatic rings. The molecule has 0 bridgehead atoms. The van der Waals surface area contributed by atoms with Crippen molar-refractivity contribution >= 4 is 32.7 Å². The average molecular weight is 602 g/mol. The highest BCUT2D eigenvalue weighted by atomic mass is 16.3. The molecular weight excluding hydrogens is 574 g/mol. The summed E-state index contributed by atoms with van der Waals surface area (Å²) >= 11 is 0. The van der Waals surface area contributed by atoms with E-state index >= 15 is 0 Å². The first kappa shape index (κ1) is 27.0. The fraction of sp³-hybridized carbons (Fsp3) is 0. The zero-order valence-electron chi connectivity index (χ0n) is 25.3. The summed E-state index contributed by atoms with van der Waals surface area (Å²) in [5.41, 5.74) is 9.16. The SMILES string of the molecule is c1ccc(-c2nc(-c3ccc(-c4ccccc4-c4ccccc4)c4ccccc34)nc(-c3cccc4oc5ccccc5c34)n2)cc1. The lowest BCUT2D eigenvalue weighted by atomic mass is 9.90. The molecule has 0 atom stereocenters. The Kier molecular flexibility index (Phi) is 6.43. The number of benzene rings is 7. The molecule has 0 saturated carbocycles. The molecule has 9 rings (SSSR count). The fourth-order valence-electron chi connectivity index (χ4n) is 6.61. The molecule has 0 N–H and O–H groups in total. The molecule has 220 valence electrons. The standard InChI is InChI=1S/C43H27N3O/c1-3-14-28(15-4-1)30-18-7-8-19-31(30)34-26-27-35(33-21-10-9-20-32(33)34)42-44-41(29-16-5-2-6-17-29)45-43(46-42)37-23-13-25-39-40(37)36-22-11-12-24-38(36)47-39/h1-27H. The molecule has 0 aliphatic rings. The third-order valence-electron chi connectivity index (χ3n) is 8.78. The molecule has 4 nitrogen and oxygen atoms in total. The molecule has 7 aromatic carbocycles. The molecule has 4 heteroatoms. The van der Waals surface area contributed by atoms with Crippen molar-refractivity contribution in [1.82, 2.24) is 15.0 Å². The molecule has 0 aliphatic carbocycles. The second kappa shape index (κ2) is 11.2. The quantitative estimate of drug-likeness (QED) is 0.197. The number of furan rings is 1. The minimum Gasteiger partial charge on any atom is -0.456 e. The Bertz CT molecular complexity index is 2570. The predicted molar refractivity (Wildman–Crippen MR) is 192 cm³/mol.